The van der Waals surface area contributed by atoms with Crippen molar-refractivity contribution < 1.29 is 33.8 Å². The van der Waals surface area contributed by atoms with E-state index in [9.17, 15) is 24.3 Å². The number of carbonyl (C=O) groups is 4. The Morgan fingerprint density at radius 2 is 1.66 bits per heavy atom. The van der Waals surface area contributed by atoms with Crippen LogP contribution in [0.15, 0.2) is 54.6 Å². The van der Waals surface area contributed by atoms with E-state index in [0.29, 0.717) is 5.56 Å². The summed E-state index contributed by atoms with van der Waals surface area (Å²) < 4.78 is 10.7. The van der Waals surface area contributed by atoms with Crippen LogP contribution in [-0.4, -0.2) is 70.9 Å². The summed E-state index contributed by atoms with van der Waals surface area (Å²) in [5, 5.41) is 18.7. The topological polar surface area (TPSA) is 146 Å². The number of ether oxygens (including phenoxy) is 2. The molecule has 0 spiro atoms. The minimum Gasteiger partial charge on any atom is -0.444 e. The molecule has 3 atom stereocenters. The van der Waals surface area contributed by atoms with Crippen LogP contribution in [0.3, 0.4) is 0 Å². The fraction of sp³-hybridized carbons (Fsp3) is 0.455. The number of hydrogen-bond donors (Lipinski definition) is 4. The molecule has 2 aromatic carbocycles. The molecule has 0 aliphatic carbocycles. The first-order valence-electron chi connectivity index (χ1n) is 14.5. The van der Waals surface area contributed by atoms with Crippen molar-refractivity contribution in [2.24, 2.45) is 5.41 Å². The van der Waals surface area contributed by atoms with E-state index in [1.54, 1.807) is 89.2 Å². The minimum atomic E-state index is -1.17. The highest BCUT2D eigenvalue weighted by atomic mass is 16.6. The van der Waals surface area contributed by atoms with Gasteiger partial charge in [0.2, 0.25) is 11.8 Å². The van der Waals surface area contributed by atoms with Crippen molar-refractivity contribution >= 4 is 24.0 Å². The third-order valence-electron chi connectivity index (χ3n) is 7.13. The van der Waals surface area contributed by atoms with E-state index in [0.717, 1.165) is 5.56 Å². The molecule has 0 radical (unpaired) electrons. The fourth-order valence-electron chi connectivity index (χ4n) is 4.78. The lowest BCUT2D eigenvalue weighted by Gasteiger charge is -2.37. The summed E-state index contributed by atoms with van der Waals surface area (Å²) in [5.41, 5.74) is -0.0904. The second-order valence-corrected chi connectivity index (χ2v) is 12.4. The quantitative estimate of drug-likeness (QED) is 0.304. The molecule has 1 saturated heterocycles. The first kappa shape index (κ1) is 33.9. The number of para-hydroxylation sites is 1. The zero-order chi connectivity index (χ0) is 32.5. The van der Waals surface area contributed by atoms with Crippen LogP contribution >= 0.6 is 0 Å². The normalized spacial score (nSPS) is 17.2. The van der Waals surface area contributed by atoms with Gasteiger partial charge in [-0.1, -0.05) is 50.1 Å². The van der Waals surface area contributed by atoms with Crippen molar-refractivity contribution in [2.75, 3.05) is 13.1 Å². The number of nitrogens with one attached hydrogen (secondary N) is 3. The Hall–Kier alpha value is -4.56. The maximum absolute atomic E-state index is 14.1. The smallest absolute Gasteiger partial charge is 0.413 e. The van der Waals surface area contributed by atoms with Crippen LogP contribution in [0.1, 0.15) is 58.6 Å². The molecule has 1 heterocycles. The van der Waals surface area contributed by atoms with Crippen molar-refractivity contribution in [3.8, 4) is 18.1 Å². The third-order valence-corrected chi connectivity index (χ3v) is 7.13. The largest absolute Gasteiger partial charge is 0.444 e. The summed E-state index contributed by atoms with van der Waals surface area (Å²) in [7, 11) is 0. The van der Waals surface area contributed by atoms with E-state index in [2.05, 4.69) is 21.9 Å². The van der Waals surface area contributed by atoms with E-state index >= 15 is 0 Å². The number of terminal acetylenes is 1. The number of aliphatic hydroxyl groups is 1. The molecule has 1 aliphatic rings. The molecule has 1 unspecified atom stereocenters. The van der Waals surface area contributed by atoms with Crippen molar-refractivity contribution in [1.29, 1.82) is 0 Å². The van der Waals surface area contributed by atoms with Crippen LogP contribution in [0.4, 0.5) is 9.59 Å². The predicted molar refractivity (Wildman–Crippen MR) is 164 cm³/mol. The Labute approximate surface area is 258 Å². The van der Waals surface area contributed by atoms with Gasteiger partial charge in [-0.25, -0.2) is 9.59 Å². The summed E-state index contributed by atoms with van der Waals surface area (Å²) in [4.78, 5) is 53.9. The molecule has 236 valence electrons. The number of nitrogens with zero attached hydrogens (tertiary/aromatic N) is 1. The number of aliphatic hydroxyl groups excluding tert-OH is 1. The standard InChI is InChI=1S/C33H42N4O7/c1-7-22-13-15-23(16-14-22)20-35-28(39)26-19-24(38)21-37(26)29(40)27(36-31(42)43-25-11-9-8-10-12-25)33(5,6)17-18-34-30(41)44-32(2,3)4/h1,8-16,24,26-27,38H,17-21H2,2-6H3,(H,34,41)(H,35,39)(H,36,42)/t24-,26+,27?/m1/s1. The highest BCUT2D eigenvalue weighted by Gasteiger charge is 2.46. The van der Waals surface area contributed by atoms with E-state index in [-0.39, 0.29) is 38.2 Å². The van der Waals surface area contributed by atoms with Crippen molar-refractivity contribution in [3.05, 3.63) is 65.7 Å². The molecule has 4 N–H and O–H groups in total. The number of benzene rings is 2. The lowest BCUT2D eigenvalue weighted by molar-refractivity contribution is -0.142. The lowest BCUT2D eigenvalue weighted by atomic mass is 9.80. The van der Waals surface area contributed by atoms with Gasteiger partial charge in [0.05, 0.1) is 6.10 Å². The van der Waals surface area contributed by atoms with Gasteiger partial charge in [-0.15, -0.1) is 6.42 Å². The Kier molecular flexibility index (Phi) is 11.4. The van der Waals surface area contributed by atoms with E-state index in [4.69, 9.17) is 15.9 Å². The van der Waals surface area contributed by atoms with Gasteiger partial charge < -0.3 is 35.4 Å². The summed E-state index contributed by atoms with van der Waals surface area (Å²) in [6.45, 7) is 9.02. The van der Waals surface area contributed by atoms with Gasteiger partial charge in [0.1, 0.15) is 23.4 Å². The number of β-amino-alcohol motifs (C(OH)–C–C–N with tert-alkyl or cyclic N) is 1. The molecule has 2 aromatic rings. The van der Waals surface area contributed by atoms with Crippen LogP contribution in [0.5, 0.6) is 5.75 Å². The Bertz CT molecular complexity index is 1350. The summed E-state index contributed by atoms with van der Waals surface area (Å²) in [6, 6.07) is 13.4. The van der Waals surface area contributed by atoms with Gasteiger partial charge in [-0.05, 0) is 62.4 Å². The molecule has 1 aliphatic heterocycles. The molecule has 3 rings (SSSR count). The molecule has 0 bridgehead atoms. The van der Waals surface area contributed by atoms with Gasteiger partial charge in [0.25, 0.3) is 0 Å². The SMILES string of the molecule is C#Cc1ccc(CNC(=O)[C@@H]2C[C@@H](O)CN2C(=O)C(NC(=O)Oc2ccccc2)C(C)(C)CCNC(=O)OC(C)(C)C)cc1. The van der Waals surface area contributed by atoms with Gasteiger partial charge in [-0.3, -0.25) is 9.59 Å². The van der Waals surface area contributed by atoms with Crippen LogP contribution in [0.25, 0.3) is 0 Å². The molecule has 1 fully saturated rings. The van der Waals surface area contributed by atoms with Crippen molar-refractivity contribution in [2.45, 2.75) is 77.8 Å². The molecule has 44 heavy (non-hydrogen) atoms. The summed E-state index contributed by atoms with van der Waals surface area (Å²) in [6.07, 6.45) is 3.30. The zero-order valence-electron chi connectivity index (χ0n) is 25.9. The molecule has 0 aromatic heterocycles. The Balaban J connectivity index is 1.77. The minimum absolute atomic E-state index is 0.0371. The van der Waals surface area contributed by atoms with Crippen molar-refractivity contribution in [1.82, 2.24) is 20.9 Å². The number of carbonyl (C=O) groups excluding carboxylic acids is 4. The second-order valence-electron chi connectivity index (χ2n) is 12.4. The van der Waals surface area contributed by atoms with Gasteiger partial charge in [-0.2, -0.15) is 0 Å². The Morgan fingerprint density at radius 1 is 1.00 bits per heavy atom. The average Bonchev–Trinajstić information content (AvgIpc) is 3.35. The second kappa shape index (κ2) is 14.8. The maximum atomic E-state index is 14.1. The molecule has 11 heteroatoms. The van der Waals surface area contributed by atoms with Crippen LogP contribution in [0.2, 0.25) is 0 Å². The number of rotatable bonds is 10. The maximum Gasteiger partial charge on any atom is 0.413 e. The van der Waals surface area contributed by atoms with Crippen LogP contribution in [0, 0.1) is 17.8 Å². The predicted octanol–water partition coefficient (Wildman–Crippen LogP) is 3.34. The molecule has 11 nitrogen and oxygen atoms in total. The van der Waals surface area contributed by atoms with Gasteiger partial charge in [0.15, 0.2) is 0 Å². The highest BCUT2D eigenvalue weighted by Crippen LogP contribution is 2.30. The first-order valence-corrected chi connectivity index (χ1v) is 14.5. The lowest BCUT2D eigenvalue weighted by Crippen LogP contribution is -2.59. The number of hydrogen-bond acceptors (Lipinski definition) is 7. The van der Waals surface area contributed by atoms with Crippen molar-refractivity contribution in [3.63, 3.8) is 0 Å². The van der Waals surface area contributed by atoms with Crippen LogP contribution in [-0.2, 0) is 20.9 Å². The summed E-state index contributed by atoms with van der Waals surface area (Å²) in [5.74, 6) is 1.82. The zero-order valence-corrected chi connectivity index (χ0v) is 25.9. The third kappa shape index (κ3) is 10.0. The van der Waals surface area contributed by atoms with Crippen LogP contribution < -0.4 is 20.7 Å². The van der Waals surface area contributed by atoms with E-state index in [1.165, 1.54) is 4.90 Å². The highest BCUT2D eigenvalue weighted by molar-refractivity contribution is 5.92. The Morgan fingerprint density at radius 3 is 2.27 bits per heavy atom. The average molecular weight is 607 g/mol. The molecular weight excluding hydrogens is 564 g/mol. The molecule has 0 saturated carbocycles. The number of likely N-dealkylation sites (tertiary alicyclic amines) is 1. The van der Waals surface area contributed by atoms with Gasteiger partial charge in [0, 0.05) is 31.6 Å². The number of alkyl carbamates (subject to hydrolysis) is 1. The van der Waals surface area contributed by atoms with Gasteiger partial charge >= 0.3 is 12.2 Å². The van der Waals surface area contributed by atoms with E-state index in [1.807, 2.05) is 0 Å². The fourth-order valence-corrected chi connectivity index (χ4v) is 4.78. The first-order chi connectivity index (χ1) is 20.7. The molecule has 4 amide bonds. The van der Waals surface area contributed by atoms with E-state index < -0.39 is 53.2 Å². The monoisotopic (exact) mass is 606 g/mol. The summed E-state index contributed by atoms with van der Waals surface area (Å²) >= 11 is 0. The number of amides is 4. The molecular formula is C33H42N4O7.